The number of hydrogen-bond acceptors (Lipinski definition) is 2. The zero-order valence-electron chi connectivity index (χ0n) is 10.8. The summed E-state index contributed by atoms with van der Waals surface area (Å²) in [5, 5.41) is 3.13. The highest BCUT2D eigenvalue weighted by molar-refractivity contribution is 6.33. The highest BCUT2D eigenvalue weighted by Gasteiger charge is 2.15. The summed E-state index contributed by atoms with van der Waals surface area (Å²) in [5.74, 6) is -0.263. The molecule has 0 heterocycles. The topological polar surface area (TPSA) is 38.3 Å². The molecule has 2 aromatic rings. The van der Waals surface area contributed by atoms with Gasteiger partial charge in [-0.25, -0.2) is 4.39 Å². The Morgan fingerprint density at radius 3 is 2.50 bits per heavy atom. The highest BCUT2D eigenvalue weighted by atomic mass is 35.5. The summed E-state index contributed by atoms with van der Waals surface area (Å²) in [7, 11) is 0. The van der Waals surface area contributed by atoms with Crippen LogP contribution in [-0.4, -0.2) is 12.0 Å². The first kappa shape index (κ1) is 14.3. The number of carbonyl (C=O) groups is 1. The Morgan fingerprint density at radius 1 is 1.20 bits per heavy atom. The minimum atomic E-state index is -0.725. The van der Waals surface area contributed by atoms with Crippen LogP contribution in [0.15, 0.2) is 48.5 Å². The van der Waals surface area contributed by atoms with Crippen LogP contribution in [0, 0.1) is 5.82 Å². The van der Waals surface area contributed by atoms with Gasteiger partial charge in [-0.3, -0.25) is 4.79 Å². The van der Waals surface area contributed by atoms with E-state index in [1.54, 1.807) is 31.2 Å². The van der Waals surface area contributed by atoms with Crippen molar-refractivity contribution in [2.75, 3.05) is 5.32 Å². The third kappa shape index (κ3) is 3.71. The van der Waals surface area contributed by atoms with Gasteiger partial charge in [0.15, 0.2) is 6.10 Å². The van der Waals surface area contributed by atoms with Crippen LogP contribution < -0.4 is 10.1 Å². The van der Waals surface area contributed by atoms with Gasteiger partial charge in [0.2, 0.25) is 0 Å². The van der Waals surface area contributed by atoms with Crippen molar-refractivity contribution in [3.05, 3.63) is 59.4 Å². The van der Waals surface area contributed by atoms with E-state index in [0.717, 1.165) is 0 Å². The molecule has 0 bridgehead atoms. The van der Waals surface area contributed by atoms with Gasteiger partial charge in [0.1, 0.15) is 11.6 Å². The van der Waals surface area contributed by atoms with Crippen LogP contribution in [0.1, 0.15) is 6.92 Å². The Labute approximate surface area is 121 Å². The minimum absolute atomic E-state index is 0.331. The molecule has 0 aromatic heterocycles. The van der Waals surface area contributed by atoms with Crippen molar-refractivity contribution in [2.24, 2.45) is 0 Å². The van der Waals surface area contributed by atoms with E-state index < -0.39 is 6.10 Å². The molecule has 2 rings (SSSR count). The number of anilines is 1. The fourth-order valence-electron chi connectivity index (χ4n) is 1.57. The lowest BCUT2D eigenvalue weighted by atomic mass is 10.3. The molecule has 0 aliphatic carbocycles. The molecule has 0 aliphatic rings. The van der Waals surface area contributed by atoms with Crippen molar-refractivity contribution in [3.8, 4) is 5.75 Å². The Bertz CT molecular complexity index is 601. The van der Waals surface area contributed by atoms with Crippen molar-refractivity contribution in [1.29, 1.82) is 0 Å². The highest BCUT2D eigenvalue weighted by Crippen LogP contribution is 2.21. The summed E-state index contributed by atoms with van der Waals surface area (Å²) < 4.78 is 18.2. The van der Waals surface area contributed by atoms with Crippen LogP contribution >= 0.6 is 11.6 Å². The molecule has 1 atom stereocenters. The lowest BCUT2D eigenvalue weighted by Crippen LogP contribution is -2.30. The maximum Gasteiger partial charge on any atom is 0.265 e. The number of nitrogens with one attached hydrogen (secondary N) is 1. The summed E-state index contributed by atoms with van der Waals surface area (Å²) in [4.78, 5) is 12.0. The molecule has 0 aliphatic heterocycles. The third-order valence-corrected chi connectivity index (χ3v) is 2.96. The number of carbonyl (C=O) groups excluding carboxylic acids is 1. The fraction of sp³-hybridized carbons (Fsp3) is 0.133. The molecule has 0 saturated carbocycles. The SMILES string of the molecule is C[C@H](Oc1ccc(F)cc1)C(=O)Nc1ccccc1Cl. The summed E-state index contributed by atoms with van der Waals surface area (Å²) in [6.07, 6.45) is -0.725. The molecule has 1 N–H and O–H groups in total. The maximum atomic E-state index is 12.8. The van der Waals surface area contributed by atoms with Crippen LogP contribution in [0.5, 0.6) is 5.75 Å². The minimum Gasteiger partial charge on any atom is -0.481 e. The van der Waals surface area contributed by atoms with Gasteiger partial charge in [-0.1, -0.05) is 23.7 Å². The molecular formula is C15H13ClFNO2. The van der Waals surface area contributed by atoms with E-state index in [1.807, 2.05) is 0 Å². The predicted molar refractivity (Wildman–Crippen MR) is 76.6 cm³/mol. The van der Waals surface area contributed by atoms with E-state index in [9.17, 15) is 9.18 Å². The Morgan fingerprint density at radius 2 is 1.85 bits per heavy atom. The molecule has 2 aromatic carbocycles. The van der Waals surface area contributed by atoms with Crippen molar-refractivity contribution in [2.45, 2.75) is 13.0 Å². The summed E-state index contributed by atoms with van der Waals surface area (Å²) in [6, 6.07) is 12.4. The van der Waals surface area contributed by atoms with Gasteiger partial charge < -0.3 is 10.1 Å². The van der Waals surface area contributed by atoms with Crippen molar-refractivity contribution >= 4 is 23.2 Å². The number of halogens is 2. The molecule has 0 fully saturated rings. The molecular weight excluding hydrogens is 281 g/mol. The molecule has 0 saturated heterocycles. The molecule has 0 spiro atoms. The monoisotopic (exact) mass is 293 g/mol. The smallest absolute Gasteiger partial charge is 0.265 e. The largest absolute Gasteiger partial charge is 0.481 e. The summed E-state index contributed by atoms with van der Waals surface area (Å²) >= 11 is 5.95. The van der Waals surface area contributed by atoms with Crippen LogP contribution in [0.3, 0.4) is 0 Å². The maximum absolute atomic E-state index is 12.8. The van der Waals surface area contributed by atoms with Gasteiger partial charge in [-0.15, -0.1) is 0 Å². The third-order valence-electron chi connectivity index (χ3n) is 2.63. The first-order valence-electron chi connectivity index (χ1n) is 6.04. The normalized spacial score (nSPS) is 11.8. The standard InChI is InChI=1S/C15H13ClFNO2/c1-10(20-12-8-6-11(17)7-9-12)15(19)18-14-5-3-2-4-13(14)16/h2-10H,1H3,(H,18,19)/t10-/m0/s1. The van der Waals surface area contributed by atoms with Gasteiger partial charge in [0.25, 0.3) is 5.91 Å². The molecule has 5 heteroatoms. The van der Waals surface area contributed by atoms with E-state index in [-0.39, 0.29) is 11.7 Å². The van der Waals surface area contributed by atoms with Crippen LogP contribution in [-0.2, 0) is 4.79 Å². The molecule has 20 heavy (non-hydrogen) atoms. The van der Waals surface area contributed by atoms with Gasteiger partial charge in [-0.05, 0) is 43.3 Å². The molecule has 1 amide bonds. The number of amides is 1. The quantitative estimate of drug-likeness (QED) is 0.929. The number of ether oxygens (including phenoxy) is 1. The number of para-hydroxylation sites is 1. The Kier molecular flexibility index (Phi) is 4.58. The fourth-order valence-corrected chi connectivity index (χ4v) is 1.75. The van der Waals surface area contributed by atoms with Gasteiger partial charge in [0.05, 0.1) is 10.7 Å². The average Bonchev–Trinajstić information content (AvgIpc) is 2.44. The summed E-state index contributed by atoms with van der Waals surface area (Å²) in [5.41, 5.74) is 0.522. The number of rotatable bonds is 4. The van der Waals surface area contributed by atoms with Gasteiger partial charge in [-0.2, -0.15) is 0 Å². The van der Waals surface area contributed by atoms with E-state index in [1.165, 1.54) is 24.3 Å². The second-order valence-corrected chi connectivity index (χ2v) is 4.59. The van der Waals surface area contributed by atoms with Gasteiger partial charge in [0, 0.05) is 0 Å². The second-order valence-electron chi connectivity index (χ2n) is 4.18. The van der Waals surface area contributed by atoms with E-state index in [0.29, 0.717) is 16.5 Å². The summed E-state index contributed by atoms with van der Waals surface area (Å²) in [6.45, 7) is 1.61. The van der Waals surface area contributed by atoms with E-state index >= 15 is 0 Å². The molecule has 0 radical (unpaired) electrons. The zero-order chi connectivity index (χ0) is 14.5. The second kappa shape index (κ2) is 6.39. The Hall–Kier alpha value is -2.07. The van der Waals surface area contributed by atoms with Crippen molar-refractivity contribution < 1.29 is 13.9 Å². The van der Waals surface area contributed by atoms with Crippen molar-refractivity contribution in [3.63, 3.8) is 0 Å². The lowest BCUT2D eigenvalue weighted by Gasteiger charge is -2.15. The van der Waals surface area contributed by atoms with E-state index in [2.05, 4.69) is 5.32 Å². The van der Waals surface area contributed by atoms with Crippen LogP contribution in [0.4, 0.5) is 10.1 Å². The van der Waals surface area contributed by atoms with Gasteiger partial charge >= 0.3 is 0 Å². The number of hydrogen-bond donors (Lipinski definition) is 1. The first-order chi connectivity index (χ1) is 9.56. The molecule has 3 nitrogen and oxygen atoms in total. The first-order valence-corrected chi connectivity index (χ1v) is 6.41. The molecule has 104 valence electrons. The number of benzene rings is 2. The predicted octanol–water partition coefficient (Wildman–Crippen LogP) is 3.89. The van der Waals surface area contributed by atoms with Crippen LogP contribution in [0.2, 0.25) is 5.02 Å². The van der Waals surface area contributed by atoms with Crippen molar-refractivity contribution in [1.82, 2.24) is 0 Å². The Balaban J connectivity index is 1.99. The van der Waals surface area contributed by atoms with E-state index in [4.69, 9.17) is 16.3 Å². The van der Waals surface area contributed by atoms with Crippen LogP contribution in [0.25, 0.3) is 0 Å². The zero-order valence-corrected chi connectivity index (χ0v) is 11.5. The average molecular weight is 294 g/mol. The lowest BCUT2D eigenvalue weighted by molar-refractivity contribution is -0.122. The molecule has 0 unspecified atom stereocenters.